The second-order valence-corrected chi connectivity index (χ2v) is 7.44. The fourth-order valence-electron chi connectivity index (χ4n) is 3.07. The summed E-state index contributed by atoms with van der Waals surface area (Å²) in [5.41, 5.74) is 0.964. The summed E-state index contributed by atoms with van der Waals surface area (Å²) >= 11 is 0. The molecule has 0 atom stereocenters. The Morgan fingerprint density at radius 2 is 1.46 bits per heavy atom. The molecule has 0 aromatic heterocycles. The molecule has 0 aliphatic rings. The van der Waals surface area contributed by atoms with Crippen LogP contribution in [0.4, 0.5) is 0 Å². The number of benzene rings is 2. The van der Waals surface area contributed by atoms with Gasteiger partial charge in [0.05, 0.1) is 4.90 Å². The summed E-state index contributed by atoms with van der Waals surface area (Å²) in [5.74, 6) is 0. The monoisotopic (exact) mass is 372 g/mol. The first-order valence-electron chi connectivity index (χ1n) is 8.50. The molecule has 0 saturated carbocycles. The third-order valence-electron chi connectivity index (χ3n) is 4.27. The van der Waals surface area contributed by atoms with E-state index < -0.39 is 10.1 Å². The Labute approximate surface area is 188 Å². The average Bonchev–Trinajstić information content (AvgIpc) is 2.52. The van der Waals surface area contributed by atoms with Crippen LogP contribution in [0.2, 0.25) is 0 Å². The van der Waals surface area contributed by atoms with Crippen LogP contribution in [-0.2, 0) is 16.5 Å². The molecule has 0 fully saturated rings. The smallest absolute Gasteiger partial charge is 0.744 e. The van der Waals surface area contributed by atoms with Crippen molar-refractivity contribution < 1.29 is 64.4 Å². The zero-order valence-electron chi connectivity index (χ0n) is 14.8. The van der Waals surface area contributed by atoms with Gasteiger partial charge in [-0.2, -0.15) is 0 Å². The average molecular weight is 373 g/mol. The second-order valence-electron chi connectivity index (χ2n) is 6.10. The van der Waals surface area contributed by atoms with Gasteiger partial charge in [0.2, 0.25) is 0 Å². The van der Waals surface area contributed by atoms with Crippen molar-refractivity contribution in [2.24, 2.45) is 0 Å². The largest absolute Gasteiger partial charge is 1.00 e. The minimum absolute atomic E-state index is 0. The van der Waals surface area contributed by atoms with E-state index >= 15 is 0 Å². The number of hydrogen-bond acceptors (Lipinski definition) is 3. The Kier molecular flexibility index (Phi) is 10.3. The van der Waals surface area contributed by atoms with Gasteiger partial charge in [0, 0.05) is 5.39 Å². The molecule has 24 heavy (non-hydrogen) atoms. The van der Waals surface area contributed by atoms with Gasteiger partial charge in [-0.1, -0.05) is 75.8 Å². The quantitative estimate of drug-likeness (QED) is 0.384. The first-order valence-corrected chi connectivity index (χ1v) is 9.91. The third-order valence-corrected chi connectivity index (χ3v) is 5.15. The normalized spacial score (nSPS) is 11.4. The van der Waals surface area contributed by atoms with Gasteiger partial charge < -0.3 is 4.55 Å². The summed E-state index contributed by atoms with van der Waals surface area (Å²) in [4.78, 5) is -0.0893. The topological polar surface area (TPSA) is 57.2 Å². The standard InChI is InChI=1S/C19H26O3S.K/c1-2-3-4-5-6-7-8-11-16-12-9-13-17-14-10-15-18(19(16)17)23(20,21)22;/h9-10,12-15H,2-8,11H2,1H3,(H,20,21,22);/q;+1/p-1. The zero-order valence-corrected chi connectivity index (χ0v) is 18.7. The summed E-state index contributed by atoms with van der Waals surface area (Å²) in [5, 5.41) is 1.43. The first kappa shape index (κ1) is 22.3. The van der Waals surface area contributed by atoms with Crippen LogP contribution in [-0.4, -0.2) is 13.0 Å². The van der Waals surface area contributed by atoms with Crippen LogP contribution >= 0.6 is 0 Å². The molecule has 0 radical (unpaired) electrons. The molecule has 0 heterocycles. The maximum absolute atomic E-state index is 11.5. The molecular weight excluding hydrogens is 347 g/mol. The van der Waals surface area contributed by atoms with Gasteiger partial charge in [-0.15, -0.1) is 0 Å². The second kappa shape index (κ2) is 11.1. The Bertz CT molecular complexity index is 736. The van der Waals surface area contributed by atoms with Crippen LogP contribution in [0.1, 0.15) is 57.4 Å². The number of fused-ring (bicyclic) bond motifs is 1. The summed E-state index contributed by atoms with van der Waals surface area (Å²) in [6.07, 6.45) is 9.32. The molecular formula is C19H25KO3S. The maximum Gasteiger partial charge on any atom is 1.00 e. The van der Waals surface area contributed by atoms with Crippen molar-refractivity contribution in [3.63, 3.8) is 0 Å². The van der Waals surface area contributed by atoms with Crippen molar-refractivity contribution in [3.05, 3.63) is 42.0 Å². The molecule has 0 amide bonds. The van der Waals surface area contributed by atoms with E-state index in [0.717, 1.165) is 30.2 Å². The fraction of sp³-hybridized carbons (Fsp3) is 0.474. The molecule has 2 aromatic carbocycles. The fourth-order valence-corrected chi connectivity index (χ4v) is 3.82. The minimum Gasteiger partial charge on any atom is -0.744 e. The van der Waals surface area contributed by atoms with E-state index in [-0.39, 0.29) is 56.3 Å². The van der Waals surface area contributed by atoms with Crippen molar-refractivity contribution in [2.45, 2.75) is 63.2 Å². The summed E-state index contributed by atoms with van der Waals surface area (Å²) in [6.45, 7) is 2.21. The van der Waals surface area contributed by atoms with E-state index in [1.807, 2.05) is 24.3 Å². The van der Waals surface area contributed by atoms with Crippen molar-refractivity contribution in [1.82, 2.24) is 0 Å². The predicted octanol–water partition coefficient (Wildman–Crippen LogP) is 2.04. The molecule has 0 aliphatic carbocycles. The van der Waals surface area contributed by atoms with E-state index in [9.17, 15) is 13.0 Å². The Morgan fingerprint density at radius 1 is 0.875 bits per heavy atom. The molecule has 126 valence electrons. The van der Waals surface area contributed by atoms with Crippen LogP contribution in [0.15, 0.2) is 41.3 Å². The predicted molar refractivity (Wildman–Crippen MR) is 93.6 cm³/mol. The summed E-state index contributed by atoms with van der Waals surface area (Å²) in [7, 11) is -4.45. The summed E-state index contributed by atoms with van der Waals surface area (Å²) in [6, 6.07) is 10.6. The first-order chi connectivity index (χ1) is 11.0. The van der Waals surface area contributed by atoms with Crippen molar-refractivity contribution >= 4 is 20.9 Å². The number of rotatable bonds is 9. The van der Waals surface area contributed by atoms with Crippen LogP contribution in [0.25, 0.3) is 10.8 Å². The van der Waals surface area contributed by atoms with E-state index in [2.05, 4.69) is 6.92 Å². The zero-order chi connectivity index (χ0) is 16.7. The van der Waals surface area contributed by atoms with Crippen LogP contribution in [0.5, 0.6) is 0 Å². The van der Waals surface area contributed by atoms with Crippen molar-refractivity contribution in [1.29, 1.82) is 0 Å². The Hall–Kier alpha value is 0.246. The van der Waals surface area contributed by atoms with Crippen molar-refractivity contribution in [2.75, 3.05) is 0 Å². The van der Waals surface area contributed by atoms with Gasteiger partial charge in [0.25, 0.3) is 0 Å². The molecule has 0 unspecified atom stereocenters. The van der Waals surface area contributed by atoms with Crippen LogP contribution < -0.4 is 51.4 Å². The molecule has 2 rings (SSSR count). The number of unbranched alkanes of at least 4 members (excludes halogenated alkanes) is 6. The van der Waals surface area contributed by atoms with Gasteiger partial charge in [-0.25, -0.2) is 8.42 Å². The van der Waals surface area contributed by atoms with E-state index in [4.69, 9.17) is 0 Å². The molecule has 0 bridgehead atoms. The molecule has 5 heteroatoms. The molecule has 2 aromatic rings. The Balaban J connectivity index is 0.00000288. The molecule has 0 saturated heterocycles. The van der Waals surface area contributed by atoms with E-state index in [1.54, 1.807) is 6.07 Å². The number of aryl methyl sites for hydroxylation is 1. The van der Waals surface area contributed by atoms with Gasteiger partial charge in [-0.3, -0.25) is 0 Å². The third kappa shape index (κ3) is 6.52. The molecule has 0 N–H and O–H groups in total. The molecule has 3 nitrogen and oxygen atoms in total. The SMILES string of the molecule is CCCCCCCCCc1cccc2cccc(S(=O)(=O)[O-])c12.[K+]. The van der Waals surface area contributed by atoms with Gasteiger partial charge >= 0.3 is 51.4 Å². The summed E-state index contributed by atoms with van der Waals surface area (Å²) < 4.78 is 34.6. The van der Waals surface area contributed by atoms with Crippen molar-refractivity contribution in [3.8, 4) is 0 Å². The minimum atomic E-state index is -4.45. The van der Waals surface area contributed by atoms with Gasteiger partial charge in [-0.05, 0) is 29.9 Å². The molecule has 0 aliphatic heterocycles. The Morgan fingerprint density at radius 3 is 2.08 bits per heavy atom. The van der Waals surface area contributed by atoms with Gasteiger partial charge in [0.1, 0.15) is 10.1 Å². The van der Waals surface area contributed by atoms with Crippen LogP contribution in [0.3, 0.4) is 0 Å². The van der Waals surface area contributed by atoms with Crippen LogP contribution in [0, 0.1) is 0 Å². The van der Waals surface area contributed by atoms with E-state index in [1.165, 1.54) is 38.2 Å². The number of hydrogen-bond donors (Lipinski definition) is 0. The van der Waals surface area contributed by atoms with E-state index in [0.29, 0.717) is 5.39 Å². The maximum atomic E-state index is 11.5. The van der Waals surface area contributed by atoms with Gasteiger partial charge in [0.15, 0.2) is 0 Å². The molecule has 0 spiro atoms.